The van der Waals surface area contributed by atoms with Crippen LogP contribution in [0.2, 0.25) is 0 Å². The number of ether oxygens (including phenoxy) is 1. The van der Waals surface area contributed by atoms with Crippen molar-refractivity contribution in [3.05, 3.63) is 35.4 Å². The van der Waals surface area contributed by atoms with E-state index < -0.39 is 7.80 Å². The standard InChI is InChI=1S/C18H24N5O3P/c1-3-4-8-26-17-21-15(19)14-16(22-17)23(18(24)20-14)10-12-6-5-7-13(9-12)11-27(2)25/h5-7,9,27H,3-4,8,10-11H2,1-2H3,(H,20,24)(H2,19,21,22). The van der Waals surface area contributed by atoms with E-state index >= 15 is 0 Å². The predicted octanol–water partition coefficient (Wildman–Crippen LogP) is 3.03. The highest BCUT2D eigenvalue weighted by Crippen LogP contribution is 2.27. The second kappa shape index (κ2) is 8.39. The average molecular weight is 389 g/mol. The Bertz CT molecular complexity index is 973. The summed E-state index contributed by atoms with van der Waals surface area (Å²) in [7, 11) is -1.60. The SMILES string of the molecule is CCCCOc1nc(N)c2nc(O)n(Cc3cccc(C[PH](C)=O)c3)c2n1. The quantitative estimate of drug-likeness (QED) is 0.449. The molecule has 0 bridgehead atoms. The predicted molar refractivity (Wildman–Crippen MR) is 106 cm³/mol. The van der Waals surface area contributed by atoms with Gasteiger partial charge in [-0.05, 0) is 24.2 Å². The van der Waals surface area contributed by atoms with Crippen molar-refractivity contribution < 1.29 is 14.4 Å². The van der Waals surface area contributed by atoms with Crippen LogP contribution in [0.15, 0.2) is 24.3 Å². The number of anilines is 1. The number of nitrogens with zero attached hydrogens (tertiary/aromatic N) is 4. The number of imidazole rings is 1. The largest absolute Gasteiger partial charge is 0.480 e. The number of nitrogens with two attached hydrogens (primary N) is 1. The van der Waals surface area contributed by atoms with Crippen LogP contribution in [-0.4, -0.2) is 37.9 Å². The Balaban J connectivity index is 1.94. The molecule has 1 unspecified atom stereocenters. The molecule has 0 spiro atoms. The average Bonchev–Trinajstić information content (AvgIpc) is 2.92. The molecule has 8 nitrogen and oxygen atoms in total. The van der Waals surface area contributed by atoms with Gasteiger partial charge in [0.2, 0.25) is 0 Å². The Hall–Kier alpha value is -2.60. The third-order valence-corrected chi connectivity index (χ3v) is 5.00. The third-order valence-electron chi connectivity index (χ3n) is 4.10. The summed E-state index contributed by atoms with van der Waals surface area (Å²) in [5.74, 6) is 0.166. The fourth-order valence-electron chi connectivity index (χ4n) is 2.82. The molecular formula is C18H24N5O3P. The van der Waals surface area contributed by atoms with Crippen LogP contribution in [0, 0.1) is 0 Å². The lowest BCUT2D eigenvalue weighted by Crippen LogP contribution is -2.06. The van der Waals surface area contributed by atoms with Crippen molar-refractivity contribution in [2.45, 2.75) is 32.5 Å². The first-order chi connectivity index (χ1) is 13.0. The molecule has 2 heterocycles. The highest BCUT2D eigenvalue weighted by molar-refractivity contribution is 7.42. The maximum Gasteiger partial charge on any atom is 0.320 e. The van der Waals surface area contributed by atoms with Gasteiger partial charge >= 0.3 is 6.01 Å². The smallest absolute Gasteiger partial charge is 0.320 e. The Labute approximate surface area is 158 Å². The summed E-state index contributed by atoms with van der Waals surface area (Å²) < 4.78 is 18.7. The molecule has 0 aliphatic carbocycles. The number of aromatic nitrogens is 4. The fraction of sp³-hybridized carbons (Fsp3) is 0.389. The molecule has 27 heavy (non-hydrogen) atoms. The van der Waals surface area contributed by atoms with Crippen LogP contribution in [0.5, 0.6) is 12.0 Å². The van der Waals surface area contributed by atoms with Gasteiger partial charge in [-0.1, -0.05) is 37.6 Å². The van der Waals surface area contributed by atoms with Gasteiger partial charge in [-0.15, -0.1) is 0 Å². The summed E-state index contributed by atoms with van der Waals surface area (Å²) in [6.45, 7) is 4.66. The molecule has 2 aromatic heterocycles. The van der Waals surface area contributed by atoms with E-state index in [0.717, 1.165) is 24.0 Å². The van der Waals surface area contributed by atoms with Crippen molar-refractivity contribution >= 4 is 24.8 Å². The Morgan fingerprint density at radius 1 is 1.26 bits per heavy atom. The van der Waals surface area contributed by atoms with Crippen LogP contribution in [0.1, 0.15) is 30.9 Å². The number of aromatic hydroxyl groups is 1. The van der Waals surface area contributed by atoms with E-state index in [1.165, 1.54) is 0 Å². The second-order valence-corrected chi connectivity index (χ2v) is 8.22. The van der Waals surface area contributed by atoms with E-state index in [2.05, 4.69) is 21.9 Å². The van der Waals surface area contributed by atoms with E-state index in [-0.39, 0.29) is 17.8 Å². The normalized spacial score (nSPS) is 12.4. The highest BCUT2D eigenvalue weighted by atomic mass is 31.1. The van der Waals surface area contributed by atoms with Gasteiger partial charge in [-0.2, -0.15) is 15.0 Å². The highest BCUT2D eigenvalue weighted by Gasteiger charge is 2.17. The molecule has 3 N–H and O–H groups in total. The molecule has 0 fully saturated rings. The van der Waals surface area contributed by atoms with E-state index in [4.69, 9.17) is 10.5 Å². The topological polar surface area (TPSA) is 116 Å². The first-order valence-corrected chi connectivity index (χ1v) is 11.0. The zero-order valence-electron chi connectivity index (χ0n) is 15.5. The van der Waals surface area contributed by atoms with E-state index in [1.54, 1.807) is 11.2 Å². The summed E-state index contributed by atoms with van der Waals surface area (Å²) in [4.78, 5) is 12.6. The molecule has 0 radical (unpaired) electrons. The molecule has 3 rings (SSSR count). The molecule has 1 atom stereocenters. The van der Waals surface area contributed by atoms with E-state index in [0.29, 0.717) is 30.5 Å². The maximum absolute atomic E-state index is 11.5. The summed E-state index contributed by atoms with van der Waals surface area (Å²) in [5, 5.41) is 10.3. The second-order valence-electron chi connectivity index (χ2n) is 6.46. The zero-order chi connectivity index (χ0) is 19.4. The van der Waals surface area contributed by atoms with Crippen LogP contribution in [0.3, 0.4) is 0 Å². The molecule has 0 aliphatic heterocycles. The van der Waals surface area contributed by atoms with Gasteiger partial charge in [0.05, 0.1) is 21.0 Å². The number of benzene rings is 1. The number of nitrogen functional groups attached to an aromatic ring is 1. The summed E-state index contributed by atoms with van der Waals surface area (Å²) in [6, 6.07) is 7.75. The van der Waals surface area contributed by atoms with Crippen molar-refractivity contribution in [1.29, 1.82) is 0 Å². The Morgan fingerprint density at radius 3 is 2.78 bits per heavy atom. The Morgan fingerprint density at radius 2 is 2.04 bits per heavy atom. The molecule has 0 saturated heterocycles. The molecule has 3 aromatic rings. The number of unbranched alkanes of at least 4 members (excludes halogenated alkanes) is 1. The van der Waals surface area contributed by atoms with E-state index in [1.807, 2.05) is 24.3 Å². The van der Waals surface area contributed by atoms with Gasteiger partial charge < -0.3 is 20.1 Å². The monoisotopic (exact) mass is 389 g/mol. The van der Waals surface area contributed by atoms with Gasteiger partial charge in [0.1, 0.15) is 0 Å². The van der Waals surface area contributed by atoms with Gasteiger partial charge in [-0.25, -0.2) is 0 Å². The van der Waals surface area contributed by atoms with Crippen LogP contribution >= 0.6 is 7.80 Å². The molecule has 144 valence electrons. The lowest BCUT2D eigenvalue weighted by molar-refractivity contribution is 0.286. The van der Waals surface area contributed by atoms with Crippen molar-refractivity contribution in [2.24, 2.45) is 0 Å². The van der Waals surface area contributed by atoms with Crippen LogP contribution < -0.4 is 10.5 Å². The van der Waals surface area contributed by atoms with Crippen molar-refractivity contribution in [2.75, 3.05) is 19.0 Å². The van der Waals surface area contributed by atoms with Gasteiger partial charge in [0, 0.05) is 6.16 Å². The molecular weight excluding hydrogens is 365 g/mol. The van der Waals surface area contributed by atoms with Gasteiger partial charge in [0.25, 0.3) is 6.01 Å². The zero-order valence-corrected chi connectivity index (χ0v) is 16.5. The first kappa shape index (κ1) is 19.2. The maximum atomic E-state index is 11.5. The lowest BCUT2D eigenvalue weighted by atomic mass is 10.1. The summed E-state index contributed by atoms with van der Waals surface area (Å²) in [5.41, 5.74) is 8.66. The fourth-order valence-corrected chi connectivity index (χ4v) is 3.61. The summed E-state index contributed by atoms with van der Waals surface area (Å²) in [6.07, 6.45) is 2.44. The minimum Gasteiger partial charge on any atom is -0.480 e. The first-order valence-electron chi connectivity index (χ1n) is 8.90. The van der Waals surface area contributed by atoms with Crippen LogP contribution in [-0.2, 0) is 17.3 Å². The molecule has 9 heteroatoms. The van der Waals surface area contributed by atoms with Gasteiger partial charge in [-0.3, -0.25) is 4.57 Å². The third kappa shape index (κ3) is 4.57. The van der Waals surface area contributed by atoms with E-state index in [9.17, 15) is 9.67 Å². The minimum atomic E-state index is -1.60. The Kier molecular flexibility index (Phi) is 5.96. The molecule has 0 aliphatic rings. The van der Waals surface area contributed by atoms with Crippen molar-refractivity contribution in [3.63, 3.8) is 0 Å². The number of fused-ring (bicyclic) bond motifs is 1. The van der Waals surface area contributed by atoms with Crippen molar-refractivity contribution in [1.82, 2.24) is 19.5 Å². The summed E-state index contributed by atoms with van der Waals surface area (Å²) >= 11 is 0. The molecule has 0 amide bonds. The molecule has 1 aromatic carbocycles. The van der Waals surface area contributed by atoms with Crippen LogP contribution in [0.4, 0.5) is 5.82 Å². The number of rotatable bonds is 8. The van der Waals surface area contributed by atoms with Crippen LogP contribution in [0.25, 0.3) is 11.2 Å². The van der Waals surface area contributed by atoms with Gasteiger partial charge in [0.15, 0.2) is 17.0 Å². The number of hydrogen-bond donors (Lipinski definition) is 2. The minimum absolute atomic E-state index is 0.166. The number of hydrogen-bond acceptors (Lipinski definition) is 7. The van der Waals surface area contributed by atoms with Crippen molar-refractivity contribution in [3.8, 4) is 12.0 Å². The molecule has 0 saturated carbocycles. The lowest BCUT2D eigenvalue weighted by Gasteiger charge is -2.08.